The average Bonchev–Trinajstić information content (AvgIpc) is 4.09. The van der Waals surface area contributed by atoms with Crippen LogP contribution in [0.25, 0.3) is 29.9 Å². The van der Waals surface area contributed by atoms with Crippen molar-refractivity contribution in [1.82, 2.24) is 0 Å². The summed E-state index contributed by atoms with van der Waals surface area (Å²) in [7, 11) is 0. The monoisotopic (exact) mass is 907 g/mol. The van der Waals surface area contributed by atoms with E-state index in [0.717, 1.165) is 25.7 Å². The van der Waals surface area contributed by atoms with Gasteiger partial charge in [-0.2, -0.15) is 0 Å². The van der Waals surface area contributed by atoms with Crippen LogP contribution in [0.4, 0.5) is 0 Å². The predicted octanol–water partition coefficient (Wildman–Crippen LogP) is 21.3. The molecule has 0 radical (unpaired) electrons. The van der Waals surface area contributed by atoms with Crippen molar-refractivity contribution in [3.05, 3.63) is 44.3 Å². The van der Waals surface area contributed by atoms with E-state index >= 15 is 0 Å². The fourth-order valence-corrected chi connectivity index (χ4v) is 15.8. The van der Waals surface area contributed by atoms with Crippen molar-refractivity contribution < 1.29 is 5.11 Å². The number of hydrogen-bond acceptors (Lipinski definition) is 5. The summed E-state index contributed by atoms with van der Waals surface area (Å²) in [4.78, 5) is 2.98. The molecule has 0 aromatic carbocycles. The zero-order chi connectivity index (χ0) is 43.0. The smallest absolute Gasteiger partial charge is 0.0913 e. The van der Waals surface area contributed by atoms with Gasteiger partial charge in [0.1, 0.15) is 0 Å². The fourth-order valence-electron chi connectivity index (χ4n) is 10.8. The molecule has 0 unspecified atom stereocenters. The molecular weight excluding hydrogens is 817 g/mol. The van der Waals surface area contributed by atoms with Gasteiger partial charge in [0, 0.05) is 39.5 Å². The van der Waals surface area contributed by atoms with Crippen molar-refractivity contribution in [2.24, 2.45) is 0 Å². The van der Waals surface area contributed by atoms with E-state index in [0.29, 0.717) is 0 Å². The first-order chi connectivity index (χ1) is 30.0. The first-order valence-electron chi connectivity index (χ1n) is 26.5. The van der Waals surface area contributed by atoms with E-state index in [4.69, 9.17) is 0 Å². The number of allylic oxidation sites excluding steroid dienone is 1. The lowest BCUT2D eigenvalue weighted by Gasteiger charge is -2.37. The summed E-state index contributed by atoms with van der Waals surface area (Å²) in [6.07, 6.45) is 47.0. The van der Waals surface area contributed by atoms with E-state index in [2.05, 4.69) is 68.0 Å². The van der Waals surface area contributed by atoms with Crippen molar-refractivity contribution in [3.8, 4) is 0 Å². The Bertz CT molecular complexity index is 1690. The Balaban J connectivity index is 1.53. The van der Waals surface area contributed by atoms with E-state index in [1.165, 1.54) is 235 Å². The molecule has 5 rings (SSSR count). The Morgan fingerprint density at radius 1 is 0.459 bits per heavy atom. The molecule has 4 heterocycles. The normalized spacial score (nSPS) is 14.1. The third-order valence-electron chi connectivity index (χ3n) is 14.4. The van der Waals surface area contributed by atoms with Crippen LogP contribution in [-0.4, -0.2) is 10.7 Å². The molecule has 0 bridgehead atoms. The molecule has 0 spiro atoms. The number of rotatable bonds is 38. The standard InChI is InChI=1S/C56H90OS4/c1-5-9-13-17-21-25-29-33-39-55(40-34-30-26-22-18-14-10-6-2)50(49-45-48-46(60-49)37-43-58-48)51(54-52(55)53-47(61-54)38-44-59-53)56(57,41-35-31-27-23-19-15-11-7-3)42-36-32-28-24-20-16-12-8-4/h37-38,43-45,57H,5-36,39-42H2,1-4H3. The van der Waals surface area contributed by atoms with Gasteiger partial charge in [0.2, 0.25) is 0 Å². The van der Waals surface area contributed by atoms with Crippen molar-refractivity contribution in [2.75, 3.05) is 0 Å². The van der Waals surface area contributed by atoms with Crippen molar-refractivity contribution >= 4 is 75.3 Å². The lowest BCUT2D eigenvalue weighted by Crippen LogP contribution is -2.32. The molecule has 0 atom stereocenters. The maximum Gasteiger partial charge on any atom is 0.0913 e. The number of fused-ring (bicyclic) bond motifs is 4. The highest BCUT2D eigenvalue weighted by Crippen LogP contribution is 2.65. The van der Waals surface area contributed by atoms with Crippen LogP contribution in [0.3, 0.4) is 0 Å². The minimum atomic E-state index is -0.792. The third-order valence-corrected chi connectivity index (χ3v) is 18.7. The van der Waals surface area contributed by atoms with Gasteiger partial charge in [-0.3, -0.25) is 0 Å². The molecule has 0 aliphatic heterocycles. The van der Waals surface area contributed by atoms with Crippen molar-refractivity contribution in [1.29, 1.82) is 0 Å². The highest BCUT2D eigenvalue weighted by molar-refractivity contribution is 7.29. The molecule has 61 heavy (non-hydrogen) atoms. The predicted molar refractivity (Wildman–Crippen MR) is 282 cm³/mol. The van der Waals surface area contributed by atoms with Crippen molar-refractivity contribution in [2.45, 2.75) is 270 Å². The Morgan fingerprint density at radius 3 is 1.33 bits per heavy atom. The molecule has 344 valence electrons. The van der Waals surface area contributed by atoms with Gasteiger partial charge >= 0.3 is 0 Å². The molecule has 0 fully saturated rings. The molecule has 0 amide bonds. The molecule has 5 heteroatoms. The first-order valence-corrected chi connectivity index (χ1v) is 29.9. The van der Waals surface area contributed by atoms with Crippen LogP contribution in [0.5, 0.6) is 0 Å². The molecule has 0 saturated heterocycles. The van der Waals surface area contributed by atoms with Gasteiger partial charge < -0.3 is 5.11 Å². The van der Waals surface area contributed by atoms with E-state index in [1.54, 1.807) is 15.8 Å². The lowest BCUT2D eigenvalue weighted by atomic mass is 9.68. The summed E-state index contributed by atoms with van der Waals surface area (Å²) in [6, 6.07) is 7.35. The summed E-state index contributed by atoms with van der Waals surface area (Å²) in [5.41, 5.74) is 3.82. The Kier molecular flexibility index (Phi) is 24.1. The molecule has 4 aromatic heterocycles. The maximum absolute atomic E-state index is 13.8. The van der Waals surface area contributed by atoms with Crippen LogP contribution in [-0.2, 0) is 5.41 Å². The molecule has 0 saturated carbocycles. The number of aliphatic hydroxyl groups is 1. The van der Waals surface area contributed by atoms with E-state index in [1.807, 2.05) is 34.0 Å². The largest absolute Gasteiger partial charge is 0.385 e. The first kappa shape index (κ1) is 51.0. The second kappa shape index (κ2) is 28.8. The van der Waals surface area contributed by atoms with Crippen LogP contribution in [0.2, 0.25) is 0 Å². The molecule has 1 N–H and O–H groups in total. The number of unbranched alkanes of at least 4 members (excludes halogenated alkanes) is 28. The highest BCUT2D eigenvalue weighted by atomic mass is 32.1. The van der Waals surface area contributed by atoms with Crippen molar-refractivity contribution in [3.63, 3.8) is 0 Å². The Hall–Kier alpha value is -0.980. The molecule has 1 aliphatic carbocycles. The van der Waals surface area contributed by atoms with E-state index < -0.39 is 5.60 Å². The van der Waals surface area contributed by atoms with Crippen LogP contribution in [0.15, 0.2) is 29.0 Å². The summed E-state index contributed by atoms with van der Waals surface area (Å²) in [6.45, 7) is 9.31. The summed E-state index contributed by atoms with van der Waals surface area (Å²) >= 11 is 8.02. The number of thiophene rings is 4. The molecule has 1 nitrogen and oxygen atoms in total. The summed E-state index contributed by atoms with van der Waals surface area (Å²) in [5.74, 6) is 0. The molecular formula is C56H90OS4. The number of hydrogen-bond donors (Lipinski definition) is 1. The van der Waals surface area contributed by atoms with Gasteiger partial charge in [-0.1, -0.05) is 233 Å². The lowest BCUT2D eigenvalue weighted by molar-refractivity contribution is 0.0772. The maximum atomic E-state index is 13.8. The fraction of sp³-hybridized carbons (Fsp3) is 0.750. The van der Waals surface area contributed by atoms with Crippen LogP contribution < -0.4 is 0 Å². The Labute approximate surface area is 392 Å². The second-order valence-electron chi connectivity index (χ2n) is 19.4. The van der Waals surface area contributed by atoms with Gasteiger partial charge in [0.05, 0.1) is 5.60 Å². The van der Waals surface area contributed by atoms with E-state index in [9.17, 15) is 5.11 Å². The van der Waals surface area contributed by atoms with Gasteiger partial charge in [0.25, 0.3) is 0 Å². The molecule has 1 aliphatic rings. The Morgan fingerprint density at radius 2 is 0.869 bits per heavy atom. The highest BCUT2D eigenvalue weighted by Gasteiger charge is 2.52. The minimum absolute atomic E-state index is 0.0301. The third kappa shape index (κ3) is 15.0. The summed E-state index contributed by atoms with van der Waals surface area (Å²) in [5, 5.41) is 18.5. The topological polar surface area (TPSA) is 20.2 Å². The van der Waals surface area contributed by atoms with E-state index in [-0.39, 0.29) is 5.41 Å². The second-order valence-corrected chi connectivity index (χ2v) is 23.4. The van der Waals surface area contributed by atoms with Crippen LogP contribution in [0, 0.1) is 0 Å². The van der Waals surface area contributed by atoms with Gasteiger partial charge in [0.15, 0.2) is 0 Å². The quantitative estimate of drug-likeness (QED) is 0.0444. The van der Waals surface area contributed by atoms with Gasteiger partial charge in [-0.25, -0.2) is 0 Å². The molecule has 4 aromatic rings. The zero-order valence-corrected chi connectivity index (χ0v) is 43.2. The minimum Gasteiger partial charge on any atom is -0.385 e. The average molecular weight is 908 g/mol. The van der Waals surface area contributed by atoms with Crippen LogP contribution in [0.1, 0.15) is 274 Å². The van der Waals surface area contributed by atoms with Gasteiger partial charge in [-0.05, 0) is 65.8 Å². The van der Waals surface area contributed by atoms with Crippen LogP contribution >= 0.6 is 45.3 Å². The summed E-state index contributed by atoms with van der Waals surface area (Å²) < 4.78 is 5.89. The zero-order valence-electron chi connectivity index (χ0n) is 39.9. The SMILES string of the molecule is CCCCCCCCCCC(O)(CCCCCCCCCC)C1=C(c2cc3sccc3s2)C(CCCCCCCCCC)(CCCCCCCCCC)c2c1sc1ccsc21. The van der Waals surface area contributed by atoms with Gasteiger partial charge in [-0.15, -0.1) is 45.3 Å².